The topological polar surface area (TPSA) is 79.5 Å². The highest BCUT2D eigenvalue weighted by Crippen LogP contribution is 2.08. The fraction of sp³-hybridized carbons (Fsp3) is 0. The first-order valence-electron chi connectivity index (χ1n) is 3.32. The highest BCUT2D eigenvalue weighted by atomic mass is 16.7. The predicted octanol–water partition coefficient (Wildman–Crippen LogP) is 1.40. The van der Waals surface area contributed by atoms with E-state index in [0.717, 1.165) is 0 Å². The number of hydrogen-bond donors (Lipinski definition) is 0. The smallest absolute Gasteiger partial charge is 0.279 e. The van der Waals surface area contributed by atoms with Crippen LogP contribution in [0.4, 0.5) is 0 Å². The number of carbonyl (C=O) groups excluding carboxylic acids is 1. The molecular formula is C8H4N2O3. The van der Waals surface area contributed by atoms with Crippen molar-refractivity contribution < 1.29 is 9.63 Å². The average molecular weight is 176 g/mol. The Morgan fingerprint density at radius 3 is 2.77 bits per heavy atom. The highest BCUT2D eigenvalue weighted by molar-refractivity contribution is 5.91. The van der Waals surface area contributed by atoms with Gasteiger partial charge in [0.15, 0.2) is 5.34 Å². The zero-order valence-electron chi connectivity index (χ0n) is 6.43. The zero-order valence-corrected chi connectivity index (χ0v) is 6.43. The second-order valence-corrected chi connectivity index (χ2v) is 2.11. The molecule has 0 saturated carbocycles. The third-order valence-electron chi connectivity index (χ3n) is 1.39. The van der Waals surface area contributed by atoms with E-state index in [0.29, 0.717) is 0 Å². The zero-order chi connectivity index (χ0) is 9.68. The molecule has 0 amide bonds. The summed E-state index contributed by atoms with van der Waals surface area (Å²) in [5.74, 6) is -0.924. The SMILES string of the molecule is N#Cc1ccccc1C(=O)ON=O. The molecule has 1 aromatic carbocycles. The number of carbonyl (C=O) groups is 1. The third-order valence-corrected chi connectivity index (χ3v) is 1.39. The molecule has 0 spiro atoms. The van der Waals surface area contributed by atoms with Crippen LogP contribution in [0.25, 0.3) is 0 Å². The Labute approximate surface area is 73.5 Å². The normalized spacial score (nSPS) is 8.54. The Hall–Kier alpha value is -2.22. The second-order valence-electron chi connectivity index (χ2n) is 2.11. The molecule has 0 N–H and O–H groups in total. The quantitative estimate of drug-likeness (QED) is 0.503. The van der Waals surface area contributed by atoms with E-state index < -0.39 is 5.97 Å². The molecule has 0 aromatic heterocycles. The molecule has 5 heteroatoms. The predicted molar refractivity (Wildman–Crippen MR) is 42.4 cm³/mol. The van der Waals surface area contributed by atoms with Crippen molar-refractivity contribution in [3.63, 3.8) is 0 Å². The lowest BCUT2D eigenvalue weighted by atomic mass is 10.1. The summed E-state index contributed by atoms with van der Waals surface area (Å²) in [6.07, 6.45) is 0. The fourth-order valence-corrected chi connectivity index (χ4v) is 0.842. The minimum Gasteiger partial charge on any atom is -0.279 e. The average Bonchev–Trinajstić information content (AvgIpc) is 2.18. The molecule has 0 atom stereocenters. The van der Waals surface area contributed by atoms with Crippen LogP contribution in [0.1, 0.15) is 15.9 Å². The van der Waals surface area contributed by atoms with E-state index in [1.54, 1.807) is 18.2 Å². The maximum Gasteiger partial charge on any atom is 0.370 e. The van der Waals surface area contributed by atoms with Crippen molar-refractivity contribution in [3.8, 4) is 6.07 Å². The van der Waals surface area contributed by atoms with Crippen LogP contribution < -0.4 is 0 Å². The van der Waals surface area contributed by atoms with Crippen molar-refractivity contribution in [3.05, 3.63) is 40.3 Å². The molecule has 0 fully saturated rings. The van der Waals surface area contributed by atoms with Crippen molar-refractivity contribution >= 4 is 5.97 Å². The minimum absolute atomic E-state index is 0.0320. The van der Waals surface area contributed by atoms with Crippen molar-refractivity contribution in [2.75, 3.05) is 0 Å². The van der Waals surface area contributed by atoms with Crippen LogP contribution in [0.15, 0.2) is 29.6 Å². The molecule has 0 aliphatic carbocycles. The van der Waals surface area contributed by atoms with Gasteiger partial charge in [-0.3, -0.25) is 4.84 Å². The molecule has 0 unspecified atom stereocenters. The molecule has 0 bridgehead atoms. The van der Waals surface area contributed by atoms with Gasteiger partial charge in [0.25, 0.3) is 0 Å². The summed E-state index contributed by atoms with van der Waals surface area (Å²) in [7, 11) is 0. The van der Waals surface area contributed by atoms with Crippen molar-refractivity contribution in [1.82, 2.24) is 0 Å². The van der Waals surface area contributed by atoms with Gasteiger partial charge in [0.05, 0.1) is 11.1 Å². The monoisotopic (exact) mass is 176 g/mol. The van der Waals surface area contributed by atoms with Gasteiger partial charge in [0, 0.05) is 0 Å². The summed E-state index contributed by atoms with van der Waals surface area (Å²) in [4.78, 5) is 24.4. The Morgan fingerprint density at radius 2 is 2.15 bits per heavy atom. The fourth-order valence-electron chi connectivity index (χ4n) is 0.842. The maximum absolute atomic E-state index is 11.0. The van der Waals surface area contributed by atoms with Crippen molar-refractivity contribution in [2.45, 2.75) is 0 Å². The number of hydrogen-bond acceptors (Lipinski definition) is 5. The molecule has 13 heavy (non-hydrogen) atoms. The van der Waals surface area contributed by atoms with Gasteiger partial charge in [0.2, 0.25) is 0 Å². The molecule has 64 valence electrons. The lowest BCUT2D eigenvalue weighted by Gasteiger charge is -1.96. The van der Waals surface area contributed by atoms with E-state index in [4.69, 9.17) is 5.26 Å². The summed E-state index contributed by atoms with van der Waals surface area (Å²) in [6.45, 7) is 0. The van der Waals surface area contributed by atoms with Crippen molar-refractivity contribution in [2.24, 2.45) is 5.34 Å². The summed E-state index contributed by atoms with van der Waals surface area (Å²) in [5, 5.41) is 10.5. The van der Waals surface area contributed by atoms with E-state index in [-0.39, 0.29) is 11.1 Å². The maximum atomic E-state index is 11.0. The first-order valence-corrected chi connectivity index (χ1v) is 3.32. The van der Waals surface area contributed by atoms with Gasteiger partial charge < -0.3 is 0 Å². The Balaban J connectivity index is 3.07. The van der Waals surface area contributed by atoms with E-state index in [9.17, 15) is 9.70 Å². The molecule has 5 nitrogen and oxygen atoms in total. The van der Waals surface area contributed by atoms with Gasteiger partial charge in [-0.2, -0.15) is 5.26 Å². The molecule has 0 radical (unpaired) electrons. The van der Waals surface area contributed by atoms with E-state index >= 15 is 0 Å². The highest BCUT2D eigenvalue weighted by Gasteiger charge is 2.12. The van der Waals surface area contributed by atoms with Crippen LogP contribution in [0, 0.1) is 16.2 Å². The first-order chi connectivity index (χ1) is 6.29. The Bertz CT molecular complexity index is 381. The van der Waals surface area contributed by atoms with E-state index in [2.05, 4.69) is 4.84 Å². The Kier molecular flexibility index (Phi) is 2.71. The molecule has 0 saturated heterocycles. The molecule has 1 aromatic rings. The molecular weight excluding hydrogens is 172 g/mol. The van der Waals surface area contributed by atoms with Crippen LogP contribution in [-0.4, -0.2) is 5.97 Å². The number of rotatable bonds is 2. The second kappa shape index (κ2) is 3.97. The van der Waals surface area contributed by atoms with Crippen LogP contribution in [-0.2, 0) is 4.84 Å². The van der Waals surface area contributed by atoms with Crippen molar-refractivity contribution in [1.29, 1.82) is 5.26 Å². The van der Waals surface area contributed by atoms with E-state index in [1.165, 1.54) is 12.1 Å². The van der Waals surface area contributed by atoms with Gasteiger partial charge in [-0.05, 0) is 12.1 Å². The lowest BCUT2D eigenvalue weighted by Crippen LogP contribution is -2.02. The van der Waals surface area contributed by atoms with Gasteiger partial charge in [-0.25, -0.2) is 4.79 Å². The summed E-state index contributed by atoms with van der Waals surface area (Å²) in [6, 6.07) is 7.78. The largest absolute Gasteiger partial charge is 0.370 e. The molecule has 0 aliphatic heterocycles. The first kappa shape index (κ1) is 8.87. The van der Waals surface area contributed by atoms with Gasteiger partial charge >= 0.3 is 5.97 Å². The lowest BCUT2D eigenvalue weighted by molar-refractivity contribution is 0.0508. The molecule has 0 aliphatic rings. The van der Waals surface area contributed by atoms with Gasteiger partial charge in [-0.15, -0.1) is 4.91 Å². The minimum atomic E-state index is -0.924. The van der Waals surface area contributed by atoms with Crippen LogP contribution in [0.2, 0.25) is 0 Å². The van der Waals surface area contributed by atoms with Gasteiger partial charge in [0.1, 0.15) is 6.07 Å². The number of benzene rings is 1. The number of nitriles is 1. The molecule has 0 heterocycles. The van der Waals surface area contributed by atoms with Crippen LogP contribution >= 0.6 is 0 Å². The van der Waals surface area contributed by atoms with Crippen LogP contribution in [0.5, 0.6) is 0 Å². The van der Waals surface area contributed by atoms with Crippen LogP contribution in [0.3, 0.4) is 0 Å². The third kappa shape index (κ3) is 1.87. The molecule has 1 rings (SSSR count). The summed E-state index contributed by atoms with van der Waals surface area (Å²) < 4.78 is 0. The summed E-state index contributed by atoms with van der Waals surface area (Å²) >= 11 is 0. The number of nitrogens with zero attached hydrogens (tertiary/aromatic N) is 2. The summed E-state index contributed by atoms with van der Waals surface area (Å²) in [5.41, 5.74) is 0.181. The Morgan fingerprint density at radius 1 is 1.46 bits per heavy atom. The van der Waals surface area contributed by atoms with E-state index in [1.807, 2.05) is 5.34 Å². The van der Waals surface area contributed by atoms with Gasteiger partial charge in [-0.1, -0.05) is 12.1 Å². The standard InChI is InChI=1S/C8H4N2O3/c9-5-6-3-1-2-4-7(6)8(11)13-10-12/h1-4H.